The second-order valence-corrected chi connectivity index (χ2v) is 14.3. The molecule has 4 rings (SSSR count). The molecular weight excluding hydrogens is 458 g/mol. The van der Waals surface area contributed by atoms with Crippen LogP contribution in [0.4, 0.5) is 0 Å². The van der Waals surface area contributed by atoms with Gasteiger partial charge in [-0.15, -0.1) is 0 Å². The highest BCUT2D eigenvalue weighted by atomic mass is 16.5. The van der Waals surface area contributed by atoms with Crippen LogP contribution < -0.4 is 0 Å². The zero-order valence-electron chi connectivity index (χ0n) is 24.9. The molecule has 4 aliphatic rings. The van der Waals surface area contributed by atoms with Crippen molar-refractivity contribution in [2.45, 2.75) is 118 Å². The number of nitrogens with zero attached hydrogens (tertiary/aromatic N) is 1. The zero-order valence-corrected chi connectivity index (χ0v) is 24.9. The van der Waals surface area contributed by atoms with Crippen molar-refractivity contribution in [3.8, 4) is 0 Å². The predicted molar refractivity (Wildman–Crippen MR) is 153 cm³/mol. The van der Waals surface area contributed by atoms with Gasteiger partial charge in [0.05, 0.1) is 19.3 Å². The van der Waals surface area contributed by atoms with Crippen LogP contribution in [0.15, 0.2) is 11.6 Å². The van der Waals surface area contributed by atoms with E-state index in [0.29, 0.717) is 30.1 Å². The first-order valence-corrected chi connectivity index (χ1v) is 15.8. The van der Waals surface area contributed by atoms with E-state index in [-0.39, 0.29) is 6.54 Å². The van der Waals surface area contributed by atoms with Crippen molar-refractivity contribution >= 4 is 5.97 Å². The number of aliphatic carboxylic acids is 1. The number of fused-ring (bicyclic) bond motifs is 5. The molecule has 1 N–H and O–H groups in total. The first-order chi connectivity index (χ1) is 17.6. The van der Waals surface area contributed by atoms with Gasteiger partial charge in [-0.2, -0.15) is 0 Å². The van der Waals surface area contributed by atoms with Gasteiger partial charge < -0.3 is 9.84 Å². The predicted octanol–water partition coefficient (Wildman–Crippen LogP) is 7.82. The summed E-state index contributed by atoms with van der Waals surface area (Å²) in [6.45, 7) is 16.8. The maximum absolute atomic E-state index is 11.1. The van der Waals surface area contributed by atoms with Gasteiger partial charge in [-0.05, 0) is 104 Å². The minimum atomic E-state index is -0.755. The number of likely N-dealkylation sites (N-methyl/N-ethyl adjacent to an activating group) is 1. The Morgan fingerprint density at radius 3 is 2.59 bits per heavy atom. The summed E-state index contributed by atoms with van der Waals surface area (Å²) >= 11 is 0. The van der Waals surface area contributed by atoms with E-state index in [1.54, 1.807) is 5.57 Å². The van der Waals surface area contributed by atoms with Crippen LogP contribution in [0.3, 0.4) is 0 Å². The Kier molecular flexibility index (Phi) is 9.53. The van der Waals surface area contributed by atoms with Gasteiger partial charge in [-0.1, -0.05) is 72.5 Å². The number of carboxylic acid groups (broad SMARTS) is 1. The van der Waals surface area contributed by atoms with Crippen molar-refractivity contribution in [3.05, 3.63) is 11.6 Å². The summed E-state index contributed by atoms with van der Waals surface area (Å²) in [4.78, 5) is 13.0. The molecule has 4 aliphatic carbocycles. The summed E-state index contributed by atoms with van der Waals surface area (Å²) in [5.41, 5.74) is 2.61. The van der Waals surface area contributed by atoms with Gasteiger partial charge in [-0.25, -0.2) is 0 Å². The molecule has 3 fully saturated rings. The van der Waals surface area contributed by atoms with Gasteiger partial charge in [0, 0.05) is 6.54 Å². The molecule has 0 bridgehead atoms. The fourth-order valence-corrected chi connectivity index (χ4v) is 9.68. The molecule has 3 saturated carbocycles. The number of ether oxygens (including phenoxy) is 1. The van der Waals surface area contributed by atoms with Crippen LogP contribution in [-0.4, -0.2) is 48.3 Å². The number of carboxylic acids is 1. The third-order valence-corrected chi connectivity index (χ3v) is 11.8. The highest BCUT2D eigenvalue weighted by Crippen LogP contribution is 2.67. The van der Waals surface area contributed by atoms with Crippen LogP contribution in [0.5, 0.6) is 0 Å². The highest BCUT2D eigenvalue weighted by Gasteiger charge is 2.59. The van der Waals surface area contributed by atoms with E-state index >= 15 is 0 Å². The monoisotopic (exact) mass is 515 g/mol. The standard InChI is InChI=1S/C33H57NO3/c1-7-34(22-31(35)36)19-20-37-26-15-17-32(5)25(21-26)11-12-27-29-14-13-28(24(4)10-8-9-23(2)3)33(29,6)18-16-30(27)32/h11,23-24,26-30H,7-10,12-22H2,1-6H3,(H,35,36)/t24-,26?,27?,28?,29?,30?,32?,33?/m1/s1. The number of carbonyl (C=O) groups is 1. The van der Waals surface area contributed by atoms with Crippen LogP contribution >= 0.6 is 0 Å². The van der Waals surface area contributed by atoms with Crippen molar-refractivity contribution in [2.75, 3.05) is 26.2 Å². The van der Waals surface area contributed by atoms with Crippen molar-refractivity contribution in [3.63, 3.8) is 0 Å². The normalized spacial score (nSPS) is 38.2. The molecule has 0 aromatic rings. The molecule has 0 aromatic carbocycles. The van der Waals surface area contributed by atoms with Crippen LogP contribution in [-0.2, 0) is 9.53 Å². The largest absolute Gasteiger partial charge is 0.480 e. The lowest BCUT2D eigenvalue weighted by molar-refractivity contribution is -0.138. The van der Waals surface area contributed by atoms with Crippen LogP contribution in [0.2, 0.25) is 0 Å². The molecule has 0 aliphatic heterocycles. The summed E-state index contributed by atoms with van der Waals surface area (Å²) in [7, 11) is 0. The Hall–Kier alpha value is -0.870. The SMILES string of the molecule is CCN(CCOC1CCC2(C)C(=CCC3C2CCC2(C)C3CCC2[C@H](C)CCCC(C)C)C1)CC(=O)O. The van der Waals surface area contributed by atoms with Crippen molar-refractivity contribution in [2.24, 2.45) is 46.3 Å². The van der Waals surface area contributed by atoms with E-state index in [1.807, 2.05) is 11.8 Å². The van der Waals surface area contributed by atoms with E-state index in [2.05, 4.69) is 40.7 Å². The second-order valence-electron chi connectivity index (χ2n) is 14.3. The first-order valence-electron chi connectivity index (χ1n) is 15.8. The molecule has 7 unspecified atom stereocenters. The molecule has 0 radical (unpaired) electrons. The summed E-state index contributed by atoms with van der Waals surface area (Å²) < 4.78 is 6.32. The van der Waals surface area contributed by atoms with E-state index in [4.69, 9.17) is 9.84 Å². The zero-order chi connectivity index (χ0) is 26.8. The van der Waals surface area contributed by atoms with Gasteiger partial charge in [0.15, 0.2) is 0 Å². The highest BCUT2D eigenvalue weighted by molar-refractivity contribution is 5.69. The summed E-state index contributed by atoms with van der Waals surface area (Å²) in [5, 5.41) is 9.09. The molecule has 0 saturated heterocycles. The summed E-state index contributed by atoms with van der Waals surface area (Å²) in [5.74, 6) is 4.54. The minimum Gasteiger partial charge on any atom is -0.480 e. The van der Waals surface area contributed by atoms with E-state index in [9.17, 15) is 4.79 Å². The summed E-state index contributed by atoms with van der Waals surface area (Å²) in [6, 6.07) is 0. The van der Waals surface area contributed by atoms with Crippen LogP contribution in [0, 0.1) is 46.3 Å². The number of hydrogen-bond donors (Lipinski definition) is 1. The Morgan fingerprint density at radius 2 is 1.89 bits per heavy atom. The maximum atomic E-state index is 11.1. The average molecular weight is 516 g/mol. The fourth-order valence-electron chi connectivity index (χ4n) is 9.68. The fraction of sp³-hybridized carbons (Fsp3) is 0.909. The lowest BCUT2D eigenvalue weighted by Crippen LogP contribution is -2.51. The minimum absolute atomic E-state index is 0.106. The quantitative estimate of drug-likeness (QED) is 0.269. The van der Waals surface area contributed by atoms with Gasteiger partial charge in [0.25, 0.3) is 0 Å². The molecule has 4 heteroatoms. The Labute approximate surface area is 228 Å². The first kappa shape index (κ1) is 29.1. The third-order valence-electron chi connectivity index (χ3n) is 11.8. The van der Waals surface area contributed by atoms with E-state index in [0.717, 1.165) is 54.9 Å². The van der Waals surface area contributed by atoms with E-state index in [1.165, 1.54) is 57.8 Å². The van der Waals surface area contributed by atoms with Crippen molar-refractivity contribution < 1.29 is 14.6 Å². The number of allylic oxidation sites excluding steroid dienone is 1. The van der Waals surface area contributed by atoms with Crippen molar-refractivity contribution in [1.29, 1.82) is 0 Å². The lowest BCUT2D eigenvalue weighted by Gasteiger charge is -2.58. The molecule has 8 atom stereocenters. The second kappa shape index (κ2) is 12.1. The molecule has 0 heterocycles. The molecule has 4 nitrogen and oxygen atoms in total. The molecular formula is C33H57NO3. The van der Waals surface area contributed by atoms with Gasteiger partial charge in [0.2, 0.25) is 0 Å². The third kappa shape index (κ3) is 6.16. The van der Waals surface area contributed by atoms with Crippen molar-refractivity contribution in [1.82, 2.24) is 4.90 Å². The molecule has 0 aromatic heterocycles. The lowest BCUT2D eigenvalue weighted by atomic mass is 9.47. The molecule has 212 valence electrons. The molecule has 0 amide bonds. The van der Waals surface area contributed by atoms with Gasteiger partial charge in [0.1, 0.15) is 0 Å². The average Bonchev–Trinajstić information content (AvgIpc) is 3.20. The maximum Gasteiger partial charge on any atom is 0.317 e. The Bertz CT molecular complexity index is 807. The molecule has 0 spiro atoms. The van der Waals surface area contributed by atoms with Crippen LogP contribution in [0.25, 0.3) is 0 Å². The molecule has 37 heavy (non-hydrogen) atoms. The summed E-state index contributed by atoms with van der Waals surface area (Å²) in [6.07, 6.45) is 17.8. The van der Waals surface area contributed by atoms with E-state index < -0.39 is 5.97 Å². The Morgan fingerprint density at radius 1 is 1.11 bits per heavy atom. The number of hydrogen-bond acceptors (Lipinski definition) is 3. The van der Waals surface area contributed by atoms with Crippen LogP contribution in [0.1, 0.15) is 112 Å². The smallest absolute Gasteiger partial charge is 0.317 e. The van der Waals surface area contributed by atoms with Gasteiger partial charge in [-0.3, -0.25) is 9.69 Å². The van der Waals surface area contributed by atoms with Gasteiger partial charge >= 0.3 is 5.97 Å². The number of rotatable bonds is 12. The topological polar surface area (TPSA) is 49.8 Å². The Balaban J connectivity index is 1.35.